The molecule has 0 saturated heterocycles. The van der Waals surface area contributed by atoms with E-state index in [0.29, 0.717) is 0 Å². The molecule has 0 aliphatic heterocycles. The number of carbonyl (C=O) groups is 1. The van der Waals surface area contributed by atoms with Crippen LogP contribution in [0.2, 0.25) is 0 Å². The number of carbonyl (C=O) groups excluding carboxylic acids is 1. The Morgan fingerprint density at radius 3 is 2.00 bits per heavy atom. The maximum Gasteiger partial charge on any atom is 1.00 e. The van der Waals surface area contributed by atoms with Crippen molar-refractivity contribution >= 4 is 5.97 Å². The summed E-state index contributed by atoms with van der Waals surface area (Å²) in [6, 6.07) is 0. The SMILES string of the molecule is CC(C)(ON)C(=O)[O-].[Na+]. The van der Waals surface area contributed by atoms with Crippen LogP contribution < -0.4 is 40.6 Å². The van der Waals surface area contributed by atoms with Crippen LogP contribution in [0.4, 0.5) is 0 Å². The number of rotatable bonds is 2. The Bertz CT molecular complexity index is 104. The minimum atomic E-state index is -1.38. The second-order valence-corrected chi connectivity index (χ2v) is 1.92. The first-order chi connectivity index (χ1) is 3.50. The van der Waals surface area contributed by atoms with Crippen molar-refractivity contribution in [1.29, 1.82) is 0 Å². The maximum absolute atomic E-state index is 9.94. The second kappa shape index (κ2) is 4.24. The fraction of sp³-hybridized carbons (Fsp3) is 0.750. The van der Waals surface area contributed by atoms with Crippen LogP contribution in [-0.4, -0.2) is 11.6 Å². The molecule has 0 aromatic heterocycles. The minimum absolute atomic E-state index is 0. The molecule has 0 bridgehead atoms. The number of carboxylic acids is 1. The summed E-state index contributed by atoms with van der Waals surface area (Å²) in [6.07, 6.45) is 0. The number of carboxylic acid groups (broad SMARTS) is 1. The Kier molecular flexibility index (Phi) is 5.71. The molecule has 2 N–H and O–H groups in total. The summed E-state index contributed by atoms with van der Waals surface area (Å²) in [5.41, 5.74) is -1.38. The molecule has 0 aliphatic rings. The van der Waals surface area contributed by atoms with Crippen LogP contribution in [0, 0.1) is 0 Å². The molecule has 0 atom stereocenters. The first kappa shape index (κ1) is 12.1. The Hall–Kier alpha value is 0.390. The zero-order valence-electron chi connectivity index (χ0n) is 5.80. The van der Waals surface area contributed by atoms with Gasteiger partial charge < -0.3 is 9.90 Å². The van der Waals surface area contributed by atoms with Gasteiger partial charge in [0.1, 0.15) is 5.60 Å². The summed E-state index contributed by atoms with van der Waals surface area (Å²) < 4.78 is 0. The van der Waals surface area contributed by atoms with Gasteiger partial charge in [-0.1, -0.05) is 0 Å². The van der Waals surface area contributed by atoms with Crippen LogP contribution in [0.15, 0.2) is 0 Å². The van der Waals surface area contributed by atoms with Crippen molar-refractivity contribution in [1.82, 2.24) is 0 Å². The monoisotopic (exact) mass is 141 g/mol. The molecular formula is C4H8NNaO3. The first-order valence-electron chi connectivity index (χ1n) is 2.10. The zero-order valence-corrected chi connectivity index (χ0v) is 7.80. The smallest absolute Gasteiger partial charge is 0.547 e. The van der Waals surface area contributed by atoms with E-state index in [4.69, 9.17) is 0 Å². The summed E-state index contributed by atoms with van der Waals surface area (Å²) in [7, 11) is 0. The van der Waals surface area contributed by atoms with Crippen molar-refractivity contribution in [2.75, 3.05) is 0 Å². The predicted octanol–water partition coefficient (Wildman–Crippen LogP) is -4.59. The molecule has 0 heterocycles. The van der Waals surface area contributed by atoms with Crippen LogP contribution in [-0.2, 0) is 9.63 Å². The van der Waals surface area contributed by atoms with Gasteiger partial charge >= 0.3 is 29.6 Å². The van der Waals surface area contributed by atoms with Crippen LogP contribution in [0.1, 0.15) is 13.8 Å². The molecule has 4 nitrogen and oxygen atoms in total. The Balaban J connectivity index is 0. The standard InChI is InChI=1S/C4H9NO3.Na/c1-4(2,8-5)3(6)7;/h5H2,1-2H3,(H,6,7);/q;+1/p-1. The fourth-order valence-electron chi connectivity index (χ4n) is 0.0481. The van der Waals surface area contributed by atoms with Crippen LogP contribution >= 0.6 is 0 Å². The van der Waals surface area contributed by atoms with E-state index in [1.54, 1.807) is 0 Å². The molecule has 0 rings (SSSR count). The van der Waals surface area contributed by atoms with Crippen molar-refractivity contribution in [3.05, 3.63) is 0 Å². The van der Waals surface area contributed by atoms with E-state index in [1.165, 1.54) is 13.8 Å². The predicted molar refractivity (Wildman–Crippen MR) is 24.4 cm³/mol. The summed E-state index contributed by atoms with van der Waals surface area (Å²) in [4.78, 5) is 14.0. The third-order valence-electron chi connectivity index (χ3n) is 0.786. The fourth-order valence-corrected chi connectivity index (χ4v) is 0.0481. The zero-order chi connectivity index (χ0) is 6.78. The minimum Gasteiger partial charge on any atom is -0.547 e. The van der Waals surface area contributed by atoms with Crippen molar-refractivity contribution < 1.29 is 44.3 Å². The van der Waals surface area contributed by atoms with Gasteiger partial charge in [0.2, 0.25) is 0 Å². The van der Waals surface area contributed by atoms with Gasteiger partial charge in [0.25, 0.3) is 0 Å². The van der Waals surface area contributed by atoms with Crippen molar-refractivity contribution in [2.24, 2.45) is 5.90 Å². The second-order valence-electron chi connectivity index (χ2n) is 1.92. The molecule has 0 fully saturated rings. The van der Waals surface area contributed by atoms with E-state index in [1.807, 2.05) is 0 Å². The average Bonchev–Trinajstić information content (AvgIpc) is 1.67. The molecule has 0 saturated carbocycles. The third-order valence-corrected chi connectivity index (χ3v) is 0.786. The molecule has 0 aromatic carbocycles. The van der Waals surface area contributed by atoms with E-state index in [0.717, 1.165) is 0 Å². The van der Waals surface area contributed by atoms with Gasteiger partial charge in [-0.25, -0.2) is 5.90 Å². The molecule has 0 unspecified atom stereocenters. The normalized spacial score (nSPS) is 10.1. The van der Waals surface area contributed by atoms with E-state index >= 15 is 0 Å². The topological polar surface area (TPSA) is 75.4 Å². The van der Waals surface area contributed by atoms with Crippen LogP contribution in [0.5, 0.6) is 0 Å². The third kappa shape index (κ3) is 3.89. The largest absolute Gasteiger partial charge is 1.00 e. The van der Waals surface area contributed by atoms with E-state index in [9.17, 15) is 9.90 Å². The Morgan fingerprint density at radius 1 is 1.67 bits per heavy atom. The molecule has 5 heteroatoms. The maximum atomic E-state index is 9.94. The Labute approximate surface area is 75.6 Å². The molecule has 9 heavy (non-hydrogen) atoms. The number of aliphatic carboxylic acids is 1. The van der Waals surface area contributed by atoms with Gasteiger partial charge in [-0.15, -0.1) is 0 Å². The van der Waals surface area contributed by atoms with Gasteiger partial charge in [0.05, 0.1) is 5.97 Å². The summed E-state index contributed by atoms with van der Waals surface area (Å²) >= 11 is 0. The number of hydrogen-bond donors (Lipinski definition) is 1. The molecule has 0 radical (unpaired) electrons. The number of hydrogen-bond acceptors (Lipinski definition) is 4. The molecule has 0 aromatic rings. The van der Waals surface area contributed by atoms with Crippen LogP contribution in [0.25, 0.3) is 0 Å². The summed E-state index contributed by atoms with van der Waals surface area (Å²) in [5, 5.41) is 9.94. The molecule has 0 amide bonds. The Morgan fingerprint density at radius 2 is 2.00 bits per heavy atom. The molecule has 0 spiro atoms. The van der Waals surface area contributed by atoms with Crippen molar-refractivity contribution in [3.63, 3.8) is 0 Å². The molecule has 48 valence electrons. The summed E-state index contributed by atoms with van der Waals surface area (Å²) in [6.45, 7) is 2.62. The van der Waals surface area contributed by atoms with Crippen LogP contribution in [0.3, 0.4) is 0 Å². The van der Waals surface area contributed by atoms with Gasteiger partial charge in [-0.05, 0) is 13.8 Å². The van der Waals surface area contributed by atoms with E-state index in [-0.39, 0.29) is 29.6 Å². The quantitative estimate of drug-likeness (QED) is 0.310. The van der Waals surface area contributed by atoms with Gasteiger partial charge in [0, 0.05) is 0 Å². The summed E-state index contributed by atoms with van der Waals surface area (Å²) in [5.74, 6) is 3.27. The van der Waals surface area contributed by atoms with E-state index < -0.39 is 11.6 Å². The average molecular weight is 141 g/mol. The van der Waals surface area contributed by atoms with Gasteiger partial charge in [0.15, 0.2) is 0 Å². The van der Waals surface area contributed by atoms with Gasteiger partial charge in [-0.2, -0.15) is 0 Å². The van der Waals surface area contributed by atoms with Gasteiger partial charge in [-0.3, -0.25) is 4.84 Å². The van der Waals surface area contributed by atoms with E-state index in [2.05, 4.69) is 10.7 Å². The van der Waals surface area contributed by atoms with Crippen molar-refractivity contribution in [3.8, 4) is 0 Å². The molecular weight excluding hydrogens is 133 g/mol. The van der Waals surface area contributed by atoms with Crippen molar-refractivity contribution in [2.45, 2.75) is 19.4 Å². The first-order valence-corrected chi connectivity index (χ1v) is 2.10. The number of nitrogens with two attached hydrogens (primary N) is 1. The molecule has 0 aliphatic carbocycles.